The lowest BCUT2D eigenvalue weighted by molar-refractivity contribution is -0.138. The van der Waals surface area contributed by atoms with Gasteiger partial charge in [-0.3, -0.25) is 0 Å². The van der Waals surface area contributed by atoms with Gasteiger partial charge in [-0.05, 0) is 24.1 Å². The molecule has 0 aliphatic heterocycles. The largest absolute Gasteiger partial charge is 0.462 e. The van der Waals surface area contributed by atoms with Crippen LogP contribution in [0.4, 0.5) is 8.78 Å². The number of rotatable bonds is 5. The van der Waals surface area contributed by atoms with Gasteiger partial charge in [0, 0.05) is 17.4 Å². The maximum Gasteiger partial charge on any atom is 0.340 e. The van der Waals surface area contributed by atoms with Gasteiger partial charge in [0.15, 0.2) is 0 Å². The molecule has 20 heavy (non-hydrogen) atoms. The molecule has 0 aromatic heterocycles. The smallest absolute Gasteiger partial charge is 0.340 e. The molecule has 0 spiro atoms. The maximum absolute atomic E-state index is 13.5. The van der Waals surface area contributed by atoms with Crippen LogP contribution in [0.3, 0.4) is 0 Å². The maximum atomic E-state index is 13.5. The second-order valence-electron chi connectivity index (χ2n) is 3.92. The van der Waals surface area contributed by atoms with Crippen LogP contribution in [0.25, 0.3) is 16.5 Å². The fourth-order valence-electron chi connectivity index (χ4n) is 1.55. The summed E-state index contributed by atoms with van der Waals surface area (Å²) in [6.45, 7) is 2.42. The minimum absolute atomic E-state index is 0.0860. The number of carbonyl (C=O) groups is 1. The van der Waals surface area contributed by atoms with Gasteiger partial charge in [0.2, 0.25) is 0 Å². The molecular formula is C13H13F2N3O2. The van der Waals surface area contributed by atoms with Gasteiger partial charge in [-0.2, -0.15) is 0 Å². The first-order valence-electron chi connectivity index (χ1n) is 5.81. The Morgan fingerprint density at radius 3 is 2.70 bits per heavy atom. The van der Waals surface area contributed by atoms with Gasteiger partial charge < -0.3 is 4.74 Å². The molecule has 0 amide bonds. The lowest BCUT2D eigenvalue weighted by atomic mass is 10.0. The molecule has 0 saturated heterocycles. The average Bonchev–Trinajstić information content (AvgIpc) is 2.38. The van der Waals surface area contributed by atoms with Crippen molar-refractivity contribution in [2.24, 2.45) is 5.11 Å². The van der Waals surface area contributed by atoms with Crippen LogP contribution in [-0.2, 0) is 15.5 Å². The standard InChI is InChI=1S/C13H13F2N3O2/c1-3-20-12(19)11(17-18-16)8-9-6-4-5-7-10(9)13(2,14)15/h4-8H,3H2,1-2H3/b11-8-. The zero-order valence-electron chi connectivity index (χ0n) is 11.0. The van der Waals surface area contributed by atoms with Crippen molar-refractivity contribution >= 4 is 12.0 Å². The number of ether oxygens (including phenoxy) is 1. The number of hydrogen-bond donors (Lipinski definition) is 0. The van der Waals surface area contributed by atoms with Crippen molar-refractivity contribution < 1.29 is 18.3 Å². The molecule has 0 heterocycles. The highest BCUT2D eigenvalue weighted by atomic mass is 19.3. The average molecular weight is 281 g/mol. The predicted molar refractivity (Wildman–Crippen MR) is 69.8 cm³/mol. The second-order valence-corrected chi connectivity index (χ2v) is 3.92. The Hall–Kier alpha value is -2.40. The van der Waals surface area contributed by atoms with Crippen LogP contribution in [0.2, 0.25) is 0 Å². The fourth-order valence-corrected chi connectivity index (χ4v) is 1.55. The van der Waals surface area contributed by atoms with Crippen LogP contribution in [0, 0.1) is 0 Å². The molecule has 0 aliphatic carbocycles. The lowest BCUT2D eigenvalue weighted by Crippen LogP contribution is -2.10. The topological polar surface area (TPSA) is 75.1 Å². The highest BCUT2D eigenvalue weighted by Crippen LogP contribution is 2.31. The lowest BCUT2D eigenvalue weighted by Gasteiger charge is -2.13. The summed E-state index contributed by atoms with van der Waals surface area (Å²) in [5.41, 5.74) is 7.88. The third-order valence-electron chi connectivity index (χ3n) is 2.36. The van der Waals surface area contributed by atoms with Crippen LogP contribution in [0.1, 0.15) is 25.0 Å². The molecular weight excluding hydrogens is 268 g/mol. The molecule has 0 fully saturated rings. The van der Waals surface area contributed by atoms with Crippen molar-refractivity contribution in [2.75, 3.05) is 6.61 Å². The summed E-state index contributed by atoms with van der Waals surface area (Å²) < 4.78 is 31.6. The van der Waals surface area contributed by atoms with Gasteiger partial charge in [0.25, 0.3) is 5.92 Å². The van der Waals surface area contributed by atoms with Crippen molar-refractivity contribution in [3.63, 3.8) is 0 Å². The molecule has 0 N–H and O–H groups in total. The van der Waals surface area contributed by atoms with E-state index in [1.165, 1.54) is 18.2 Å². The van der Waals surface area contributed by atoms with E-state index in [1.807, 2.05) is 0 Å². The Labute approximate surface area is 114 Å². The number of nitrogens with zero attached hydrogens (tertiary/aromatic N) is 3. The molecule has 106 valence electrons. The van der Waals surface area contributed by atoms with Crippen LogP contribution < -0.4 is 0 Å². The predicted octanol–water partition coefficient (Wildman–Crippen LogP) is 4.01. The minimum Gasteiger partial charge on any atom is -0.462 e. The van der Waals surface area contributed by atoms with E-state index >= 15 is 0 Å². The first-order chi connectivity index (χ1) is 9.40. The van der Waals surface area contributed by atoms with Gasteiger partial charge in [-0.15, -0.1) is 0 Å². The van der Waals surface area contributed by atoms with Gasteiger partial charge in [0.1, 0.15) is 5.70 Å². The molecule has 0 atom stereocenters. The third-order valence-corrected chi connectivity index (χ3v) is 2.36. The molecule has 0 radical (unpaired) electrons. The summed E-state index contributed by atoms with van der Waals surface area (Å²) in [6.07, 6.45) is 1.09. The quantitative estimate of drug-likeness (QED) is 0.269. The summed E-state index contributed by atoms with van der Waals surface area (Å²) >= 11 is 0. The summed E-state index contributed by atoms with van der Waals surface area (Å²) in [6, 6.07) is 5.64. The zero-order valence-corrected chi connectivity index (χ0v) is 11.0. The molecule has 5 nitrogen and oxygen atoms in total. The number of carbonyl (C=O) groups excluding carboxylic acids is 1. The molecule has 0 aliphatic rings. The number of benzene rings is 1. The van der Waals surface area contributed by atoms with Crippen LogP contribution in [0.15, 0.2) is 35.1 Å². The fraction of sp³-hybridized carbons (Fsp3) is 0.308. The molecule has 1 aromatic carbocycles. The van der Waals surface area contributed by atoms with Gasteiger partial charge in [-0.25, -0.2) is 13.6 Å². The highest BCUT2D eigenvalue weighted by molar-refractivity contribution is 5.93. The Bertz CT molecular complexity index is 573. The monoisotopic (exact) mass is 281 g/mol. The van der Waals surface area contributed by atoms with E-state index in [2.05, 4.69) is 10.0 Å². The van der Waals surface area contributed by atoms with E-state index in [0.717, 1.165) is 13.0 Å². The second kappa shape index (κ2) is 6.68. The van der Waals surface area contributed by atoms with Crippen LogP contribution >= 0.6 is 0 Å². The van der Waals surface area contributed by atoms with Crippen molar-refractivity contribution in [3.8, 4) is 0 Å². The Kier molecular flexibility index (Phi) is 5.23. The highest BCUT2D eigenvalue weighted by Gasteiger charge is 2.26. The van der Waals surface area contributed by atoms with Gasteiger partial charge >= 0.3 is 5.97 Å². The van der Waals surface area contributed by atoms with Crippen molar-refractivity contribution in [3.05, 3.63) is 51.5 Å². The number of azide groups is 1. The number of esters is 1. The first kappa shape index (κ1) is 15.7. The third kappa shape index (κ3) is 4.07. The molecule has 1 rings (SSSR count). The number of halogens is 2. The molecule has 0 bridgehead atoms. The van der Waals surface area contributed by atoms with E-state index in [1.54, 1.807) is 13.0 Å². The Balaban J connectivity index is 3.32. The Morgan fingerprint density at radius 1 is 1.50 bits per heavy atom. The van der Waals surface area contributed by atoms with Gasteiger partial charge in [-0.1, -0.05) is 29.4 Å². The zero-order chi connectivity index (χ0) is 15.2. The summed E-state index contributed by atoms with van der Waals surface area (Å²) in [7, 11) is 0. The van der Waals surface area contributed by atoms with E-state index in [4.69, 9.17) is 10.3 Å². The van der Waals surface area contributed by atoms with Gasteiger partial charge in [0.05, 0.1) is 6.61 Å². The van der Waals surface area contributed by atoms with Crippen LogP contribution in [-0.4, -0.2) is 12.6 Å². The van der Waals surface area contributed by atoms with Crippen molar-refractivity contribution in [2.45, 2.75) is 19.8 Å². The number of hydrogen-bond acceptors (Lipinski definition) is 3. The molecule has 7 heteroatoms. The van der Waals surface area contributed by atoms with E-state index in [-0.39, 0.29) is 23.4 Å². The van der Waals surface area contributed by atoms with Crippen molar-refractivity contribution in [1.82, 2.24) is 0 Å². The van der Waals surface area contributed by atoms with Crippen LogP contribution in [0.5, 0.6) is 0 Å². The SMILES string of the molecule is CCOC(=O)/C(=C/c1ccccc1C(C)(F)F)N=[N+]=[N-]. The summed E-state index contributed by atoms with van der Waals surface area (Å²) in [4.78, 5) is 14.1. The van der Waals surface area contributed by atoms with E-state index < -0.39 is 11.9 Å². The molecule has 0 unspecified atom stereocenters. The normalized spacial score (nSPS) is 11.7. The first-order valence-corrected chi connectivity index (χ1v) is 5.81. The number of alkyl halides is 2. The Morgan fingerprint density at radius 2 is 2.15 bits per heavy atom. The summed E-state index contributed by atoms with van der Waals surface area (Å²) in [5.74, 6) is -3.94. The van der Waals surface area contributed by atoms with Crippen molar-refractivity contribution in [1.29, 1.82) is 0 Å². The minimum atomic E-state index is -3.08. The molecule has 0 saturated carbocycles. The molecule has 1 aromatic rings. The van der Waals surface area contributed by atoms with E-state index in [9.17, 15) is 13.6 Å². The summed E-state index contributed by atoms with van der Waals surface area (Å²) in [5, 5.41) is 3.18. The van der Waals surface area contributed by atoms with E-state index in [0.29, 0.717) is 0 Å².